The van der Waals surface area contributed by atoms with E-state index in [-0.39, 0.29) is 30.2 Å². The van der Waals surface area contributed by atoms with Crippen LogP contribution in [0.1, 0.15) is 88.7 Å². The van der Waals surface area contributed by atoms with Crippen LogP contribution in [-0.2, 0) is 21.7 Å². The van der Waals surface area contributed by atoms with E-state index in [0.717, 1.165) is 97.3 Å². The number of amides is 5. The summed E-state index contributed by atoms with van der Waals surface area (Å²) in [6, 6.07) is 20.8. The van der Waals surface area contributed by atoms with Crippen LogP contribution >= 0.6 is 0 Å². The van der Waals surface area contributed by atoms with Crippen LogP contribution in [0.15, 0.2) is 85.3 Å². The summed E-state index contributed by atoms with van der Waals surface area (Å²) in [6.07, 6.45) is 7.44. The molecular formula is C49H55N11O5. The van der Waals surface area contributed by atoms with Crippen LogP contribution in [0.4, 0.5) is 23.0 Å². The molecule has 1 unspecified atom stereocenters. The molecule has 336 valence electrons. The van der Waals surface area contributed by atoms with Crippen LogP contribution in [0.5, 0.6) is 0 Å². The predicted molar refractivity (Wildman–Crippen MR) is 247 cm³/mol. The SMILES string of the molecule is Cc1cc(-c2ccnc(Nc3ccc(N4CCN(CC5CCN(c6ccc7c(c6)C(=O)N(C6CCC(=O)NC6=O)C7=O)CC5)CC4)cc3)n2)ccc1CNC(=O)c1cnn(C(C)(C)C)c1. The van der Waals surface area contributed by atoms with Crippen molar-refractivity contribution in [2.24, 2.45) is 5.92 Å². The Labute approximate surface area is 378 Å². The maximum atomic E-state index is 13.4. The molecule has 16 nitrogen and oxygen atoms in total. The molecule has 0 saturated carbocycles. The van der Waals surface area contributed by atoms with Gasteiger partial charge < -0.3 is 20.4 Å². The van der Waals surface area contributed by atoms with Gasteiger partial charge in [0.25, 0.3) is 17.7 Å². The fourth-order valence-electron chi connectivity index (χ4n) is 9.19. The number of aromatic nitrogens is 4. The van der Waals surface area contributed by atoms with Crippen molar-refractivity contribution >= 4 is 52.5 Å². The van der Waals surface area contributed by atoms with Gasteiger partial charge in [-0.2, -0.15) is 5.10 Å². The Hall–Kier alpha value is -6.94. The number of aryl methyl sites for hydroxylation is 1. The van der Waals surface area contributed by atoms with E-state index in [0.29, 0.717) is 35.1 Å². The number of piperazine rings is 1. The number of anilines is 4. The topological polar surface area (TPSA) is 178 Å². The highest BCUT2D eigenvalue weighted by Crippen LogP contribution is 2.33. The van der Waals surface area contributed by atoms with E-state index in [4.69, 9.17) is 4.98 Å². The molecular weight excluding hydrogens is 823 g/mol. The van der Waals surface area contributed by atoms with Crippen LogP contribution < -0.4 is 25.8 Å². The van der Waals surface area contributed by atoms with Gasteiger partial charge >= 0.3 is 0 Å². The van der Waals surface area contributed by atoms with Gasteiger partial charge in [0.15, 0.2) is 0 Å². The lowest BCUT2D eigenvalue weighted by molar-refractivity contribution is -0.136. The minimum atomic E-state index is -0.968. The molecule has 0 spiro atoms. The first-order chi connectivity index (χ1) is 31.3. The number of imide groups is 2. The van der Waals surface area contributed by atoms with Gasteiger partial charge in [0.2, 0.25) is 17.8 Å². The van der Waals surface area contributed by atoms with E-state index in [1.165, 1.54) is 5.69 Å². The molecule has 3 aromatic carbocycles. The lowest BCUT2D eigenvalue weighted by Crippen LogP contribution is -2.54. The highest BCUT2D eigenvalue weighted by molar-refractivity contribution is 6.23. The molecule has 5 amide bonds. The van der Waals surface area contributed by atoms with E-state index >= 15 is 0 Å². The van der Waals surface area contributed by atoms with E-state index in [1.807, 2.05) is 52.0 Å². The number of benzene rings is 3. The third kappa shape index (κ3) is 9.34. The molecule has 16 heteroatoms. The summed E-state index contributed by atoms with van der Waals surface area (Å²) in [6.45, 7) is 15.2. The summed E-state index contributed by atoms with van der Waals surface area (Å²) >= 11 is 0. The summed E-state index contributed by atoms with van der Waals surface area (Å²) in [5, 5.41) is 13.0. The van der Waals surface area contributed by atoms with Gasteiger partial charge in [0.05, 0.1) is 34.1 Å². The quantitative estimate of drug-likeness (QED) is 0.142. The van der Waals surface area contributed by atoms with Gasteiger partial charge in [-0.25, -0.2) is 9.97 Å². The van der Waals surface area contributed by atoms with Gasteiger partial charge in [-0.05, 0) is 119 Å². The minimum Gasteiger partial charge on any atom is -0.371 e. The lowest BCUT2D eigenvalue weighted by Gasteiger charge is -2.40. The average Bonchev–Trinajstić information content (AvgIpc) is 3.90. The zero-order valence-corrected chi connectivity index (χ0v) is 37.3. The molecule has 5 aromatic rings. The maximum absolute atomic E-state index is 13.4. The molecule has 9 rings (SSSR count). The van der Waals surface area contributed by atoms with E-state index in [1.54, 1.807) is 35.4 Å². The molecule has 4 aliphatic heterocycles. The van der Waals surface area contributed by atoms with Crippen molar-refractivity contribution in [2.45, 2.75) is 71.5 Å². The normalized spacial score (nSPS) is 18.5. The average molecular weight is 878 g/mol. The van der Waals surface area contributed by atoms with E-state index in [2.05, 4.69) is 71.1 Å². The van der Waals surface area contributed by atoms with Crippen LogP contribution in [0, 0.1) is 12.8 Å². The Bertz CT molecular complexity index is 2640. The molecule has 3 fully saturated rings. The van der Waals surface area contributed by atoms with Crippen LogP contribution in [0.25, 0.3) is 11.3 Å². The maximum Gasteiger partial charge on any atom is 0.262 e. The molecule has 1 atom stereocenters. The lowest BCUT2D eigenvalue weighted by atomic mass is 9.95. The Balaban J connectivity index is 0.722. The monoisotopic (exact) mass is 877 g/mol. The molecule has 0 aliphatic carbocycles. The van der Waals surface area contributed by atoms with Gasteiger partial charge in [-0.3, -0.25) is 43.8 Å². The van der Waals surface area contributed by atoms with Crippen molar-refractivity contribution in [3.8, 4) is 11.3 Å². The van der Waals surface area contributed by atoms with Crippen molar-refractivity contribution in [1.29, 1.82) is 0 Å². The number of nitrogens with zero attached hydrogens (tertiary/aromatic N) is 8. The van der Waals surface area contributed by atoms with Crippen molar-refractivity contribution in [1.82, 2.24) is 40.2 Å². The van der Waals surface area contributed by atoms with Crippen molar-refractivity contribution in [2.75, 3.05) is 60.9 Å². The van der Waals surface area contributed by atoms with Crippen LogP contribution in [-0.4, -0.2) is 111 Å². The highest BCUT2D eigenvalue weighted by atomic mass is 16.2. The largest absolute Gasteiger partial charge is 0.371 e. The van der Waals surface area contributed by atoms with Gasteiger partial charge in [0, 0.05) is 93.8 Å². The van der Waals surface area contributed by atoms with Gasteiger partial charge in [-0.15, -0.1) is 0 Å². The zero-order valence-electron chi connectivity index (χ0n) is 37.3. The Kier molecular flexibility index (Phi) is 11.9. The second kappa shape index (κ2) is 17.9. The smallest absolute Gasteiger partial charge is 0.262 e. The second-order valence-electron chi connectivity index (χ2n) is 18.5. The molecule has 6 heterocycles. The van der Waals surface area contributed by atoms with Crippen molar-refractivity contribution in [3.63, 3.8) is 0 Å². The summed E-state index contributed by atoms with van der Waals surface area (Å²) in [4.78, 5) is 81.0. The van der Waals surface area contributed by atoms with Crippen molar-refractivity contribution in [3.05, 3.63) is 113 Å². The molecule has 3 saturated heterocycles. The molecule has 3 N–H and O–H groups in total. The van der Waals surface area contributed by atoms with Crippen LogP contribution in [0.2, 0.25) is 0 Å². The molecule has 65 heavy (non-hydrogen) atoms. The number of hydrogen-bond acceptors (Lipinski definition) is 12. The first-order valence-electron chi connectivity index (χ1n) is 22.5. The standard InChI is InChI=1S/C49H55N11O5/c1-31-25-33(5-6-34(31)27-51-44(62)35-28-52-59(30-35)49(2,3)4)41-15-18-50-48(54-41)53-36-7-9-37(10-8-36)58-23-21-56(22-24-58)29-32-16-19-57(20-17-32)38-11-12-39-40(26-38)47(65)60(46(39)64)42-13-14-43(61)55-45(42)63/h5-12,15,18,25-26,28,30,32,42H,13-14,16-17,19-24,27,29H2,1-4H3,(H,51,62)(H,50,53,54)(H,55,61,63). The Morgan fingerprint density at radius 3 is 2.25 bits per heavy atom. The summed E-state index contributed by atoms with van der Waals surface area (Å²) in [7, 11) is 0. The Morgan fingerprint density at radius 2 is 1.54 bits per heavy atom. The highest BCUT2D eigenvalue weighted by Gasteiger charge is 2.45. The predicted octanol–water partition coefficient (Wildman–Crippen LogP) is 5.52. The summed E-state index contributed by atoms with van der Waals surface area (Å²) < 4.78 is 1.79. The number of hydrogen-bond donors (Lipinski definition) is 3. The zero-order chi connectivity index (χ0) is 45.4. The van der Waals surface area contributed by atoms with E-state index < -0.39 is 23.8 Å². The van der Waals surface area contributed by atoms with E-state index in [9.17, 15) is 24.0 Å². The number of carbonyl (C=O) groups excluding carboxylic acids is 5. The first-order valence-corrected chi connectivity index (χ1v) is 22.5. The van der Waals surface area contributed by atoms with Gasteiger partial charge in [0.1, 0.15) is 6.04 Å². The fourth-order valence-corrected chi connectivity index (χ4v) is 9.19. The number of carbonyl (C=O) groups is 5. The molecule has 2 aromatic heterocycles. The number of rotatable bonds is 11. The third-order valence-corrected chi connectivity index (χ3v) is 13.0. The summed E-state index contributed by atoms with van der Waals surface area (Å²) in [5.41, 5.74) is 7.79. The van der Waals surface area contributed by atoms with Crippen molar-refractivity contribution < 1.29 is 24.0 Å². The fraction of sp³-hybridized carbons (Fsp3) is 0.388. The van der Waals surface area contributed by atoms with Crippen LogP contribution in [0.3, 0.4) is 0 Å². The number of fused-ring (bicyclic) bond motifs is 1. The third-order valence-electron chi connectivity index (χ3n) is 13.0. The van der Waals surface area contributed by atoms with Gasteiger partial charge in [-0.1, -0.05) is 12.1 Å². The molecule has 0 bridgehead atoms. The Morgan fingerprint density at radius 1 is 0.815 bits per heavy atom. The summed E-state index contributed by atoms with van der Waals surface area (Å²) in [5.74, 6) is -1.02. The molecule has 0 radical (unpaired) electrons. The molecule has 4 aliphatic rings. The first kappa shape index (κ1) is 43.3. The number of nitrogens with one attached hydrogen (secondary N) is 3. The number of piperidine rings is 2. The minimum absolute atomic E-state index is 0.0961. The second-order valence-corrected chi connectivity index (χ2v) is 18.5.